The molecule has 1 aromatic heterocycles. The molecule has 1 heterocycles. The van der Waals surface area contributed by atoms with E-state index in [9.17, 15) is 17.6 Å². The van der Waals surface area contributed by atoms with E-state index in [0.717, 1.165) is 11.8 Å². The first-order valence-corrected chi connectivity index (χ1v) is 6.39. The average Bonchev–Trinajstić information content (AvgIpc) is 2.77. The quantitative estimate of drug-likeness (QED) is 0.885. The van der Waals surface area contributed by atoms with Crippen molar-refractivity contribution >= 4 is 0 Å². The van der Waals surface area contributed by atoms with E-state index in [0.29, 0.717) is 18.2 Å². The van der Waals surface area contributed by atoms with Crippen LogP contribution in [-0.2, 0) is 19.6 Å². The van der Waals surface area contributed by atoms with Gasteiger partial charge in [0.2, 0.25) is 0 Å². The third kappa shape index (κ3) is 3.07. The lowest BCUT2D eigenvalue weighted by Crippen LogP contribution is -2.17. The number of rotatable bonds is 3. The van der Waals surface area contributed by atoms with E-state index < -0.39 is 23.6 Å². The van der Waals surface area contributed by atoms with E-state index in [1.165, 1.54) is 6.07 Å². The van der Waals surface area contributed by atoms with Crippen LogP contribution in [0.15, 0.2) is 24.3 Å². The minimum absolute atomic E-state index is 0.270. The molecule has 0 radical (unpaired) electrons. The molecule has 7 heteroatoms. The topological polar surface area (TPSA) is 43.8 Å². The molecule has 0 fully saturated rings. The second-order valence-electron chi connectivity index (χ2n) is 4.75. The number of aromatic nitrogens is 2. The van der Waals surface area contributed by atoms with Crippen LogP contribution in [-0.4, -0.2) is 9.78 Å². The Kier molecular flexibility index (Phi) is 4.04. The molecule has 3 nitrogen and oxygen atoms in total. The smallest absolute Gasteiger partial charge is 0.319 e. The van der Waals surface area contributed by atoms with Crippen LogP contribution in [0, 0.1) is 5.82 Å². The van der Waals surface area contributed by atoms with E-state index in [-0.39, 0.29) is 5.56 Å². The van der Waals surface area contributed by atoms with Crippen molar-refractivity contribution in [3.8, 4) is 0 Å². The largest absolute Gasteiger partial charge is 0.419 e. The van der Waals surface area contributed by atoms with Gasteiger partial charge in [0.1, 0.15) is 5.82 Å². The Morgan fingerprint density at radius 3 is 2.43 bits per heavy atom. The second kappa shape index (κ2) is 5.48. The van der Waals surface area contributed by atoms with E-state index in [1.807, 2.05) is 6.92 Å². The number of hydrogen-bond donors (Lipinski definition) is 1. The first-order chi connectivity index (χ1) is 9.74. The number of halogens is 4. The fourth-order valence-electron chi connectivity index (χ4n) is 2.13. The van der Waals surface area contributed by atoms with Crippen molar-refractivity contribution < 1.29 is 17.6 Å². The summed E-state index contributed by atoms with van der Waals surface area (Å²) in [6.45, 7) is 1.93. The molecule has 0 aliphatic rings. The Morgan fingerprint density at radius 2 is 1.95 bits per heavy atom. The maximum absolute atomic E-state index is 13.6. The van der Waals surface area contributed by atoms with Crippen LogP contribution in [0.2, 0.25) is 0 Å². The number of aryl methyl sites for hydroxylation is 2. The van der Waals surface area contributed by atoms with Crippen LogP contribution in [0.1, 0.15) is 35.5 Å². The molecule has 2 aromatic rings. The maximum Gasteiger partial charge on any atom is 0.419 e. The zero-order chi connectivity index (χ0) is 15.8. The zero-order valence-electron chi connectivity index (χ0n) is 11.6. The van der Waals surface area contributed by atoms with E-state index in [4.69, 9.17) is 5.73 Å². The van der Waals surface area contributed by atoms with Crippen molar-refractivity contribution in [2.24, 2.45) is 12.8 Å². The van der Waals surface area contributed by atoms with Gasteiger partial charge in [-0.3, -0.25) is 4.68 Å². The summed E-state index contributed by atoms with van der Waals surface area (Å²) in [7, 11) is 1.69. The predicted molar refractivity (Wildman–Crippen MR) is 70.0 cm³/mol. The fraction of sp³-hybridized carbons (Fsp3) is 0.357. The summed E-state index contributed by atoms with van der Waals surface area (Å²) < 4.78 is 52.7. The molecule has 0 saturated carbocycles. The summed E-state index contributed by atoms with van der Waals surface area (Å²) >= 11 is 0. The Hall–Kier alpha value is -1.89. The first-order valence-electron chi connectivity index (χ1n) is 6.39. The van der Waals surface area contributed by atoms with Crippen molar-refractivity contribution in [2.45, 2.75) is 25.6 Å². The molecule has 0 aliphatic heterocycles. The summed E-state index contributed by atoms with van der Waals surface area (Å²) in [6, 6.07) is 3.75. The summed E-state index contributed by atoms with van der Waals surface area (Å²) in [5.74, 6) is -1.33. The first kappa shape index (κ1) is 15.5. The molecule has 114 valence electrons. The lowest BCUT2D eigenvalue weighted by molar-refractivity contribution is -0.140. The van der Waals surface area contributed by atoms with E-state index in [2.05, 4.69) is 5.10 Å². The number of nitrogens with two attached hydrogens (primary N) is 1. The van der Waals surface area contributed by atoms with E-state index in [1.54, 1.807) is 17.8 Å². The number of alkyl halides is 3. The molecule has 1 unspecified atom stereocenters. The molecule has 1 atom stereocenters. The van der Waals surface area contributed by atoms with Gasteiger partial charge in [-0.1, -0.05) is 13.0 Å². The van der Waals surface area contributed by atoms with Gasteiger partial charge in [-0.15, -0.1) is 0 Å². The van der Waals surface area contributed by atoms with Crippen LogP contribution in [0.5, 0.6) is 0 Å². The lowest BCUT2D eigenvalue weighted by Gasteiger charge is -2.14. The highest BCUT2D eigenvalue weighted by Crippen LogP contribution is 2.33. The maximum atomic E-state index is 13.6. The summed E-state index contributed by atoms with van der Waals surface area (Å²) in [5.41, 5.74) is 6.41. The van der Waals surface area contributed by atoms with Crippen molar-refractivity contribution in [3.63, 3.8) is 0 Å². The van der Waals surface area contributed by atoms with Crippen molar-refractivity contribution in [3.05, 3.63) is 52.6 Å². The molecule has 1 aromatic carbocycles. The van der Waals surface area contributed by atoms with Gasteiger partial charge in [-0.05, 0) is 30.2 Å². The van der Waals surface area contributed by atoms with Gasteiger partial charge in [0.25, 0.3) is 0 Å². The Bertz CT molecular complexity index is 646. The highest BCUT2D eigenvalue weighted by molar-refractivity contribution is 5.33. The molecule has 0 spiro atoms. The Labute approximate surface area is 119 Å². The van der Waals surface area contributed by atoms with Gasteiger partial charge < -0.3 is 5.73 Å². The summed E-state index contributed by atoms with van der Waals surface area (Å²) in [4.78, 5) is 0. The van der Waals surface area contributed by atoms with Crippen LogP contribution in [0.25, 0.3) is 0 Å². The third-order valence-corrected chi connectivity index (χ3v) is 3.31. The molecular weight excluding hydrogens is 286 g/mol. The molecule has 2 N–H and O–H groups in total. The number of hydrogen-bond acceptors (Lipinski definition) is 2. The Balaban J connectivity index is 2.38. The predicted octanol–water partition coefficient (Wildman–Crippen LogP) is 3.19. The van der Waals surface area contributed by atoms with Gasteiger partial charge in [0.05, 0.1) is 23.0 Å². The van der Waals surface area contributed by atoms with Gasteiger partial charge in [-0.2, -0.15) is 18.3 Å². The molecule has 21 heavy (non-hydrogen) atoms. The number of benzene rings is 1. The van der Waals surface area contributed by atoms with Gasteiger partial charge in [0, 0.05) is 7.05 Å². The molecular formula is C14H15F4N3. The molecule has 0 saturated heterocycles. The standard InChI is InChI=1S/C14H15F4N3/c1-3-9-7-12(21(2)20-9)13(19)8-4-5-10(11(15)6-8)14(16,17)18/h4-7,13H,3,19H2,1-2H3. The summed E-state index contributed by atoms with van der Waals surface area (Å²) in [5, 5.41) is 4.22. The third-order valence-electron chi connectivity index (χ3n) is 3.31. The number of nitrogens with zero attached hydrogens (tertiary/aromatic N) is 2. The van der Waals surface area contributed by atoms with Crippen molar-refractivity contribution in [1.29, 1.82) is 0 Å². The molecule has 0 amide bonds. The highest BCUT2D eigenvalue weighted by Gasteiger charge is 2.34. The molecule has 0 aliphatic carbocycles. The van der Waals surface area contributed by atoms with Crippen molar-refractivity contribution in [1.82, 2.24) is 9.78 Å². The summed E-state index contributed by atoms with van der Waals surface area (Å²) in [6.07, 6.45) is -4.00. The van der Waals surface area contributed by atoms with E-state index >= 15 is 0 Å². The van der Waals surface area contributed by atoms with Crippen LogP contribution in [0.4, 0.5) is 17.6 Å². The SMILES string of the molecule is CCc1cc(C(N)c2ccc(C(F)(F)F)c(F)c2)n(C)n1. The molecule has 0 bridgehead atoms. The van der Waals surface area contributed by atoms with Gasteiger partial charge >= 0.3 is 6.18 Å². The average molecular weight is 301 g/mol. The van der Waals surface area contributed by atoms with Crippen LogP contribution < -0.4 is 5.73 Å². The lowest BCUT2D eigenvalue weighted by atomic mass is 10.0. The normalized spacial score (nSPS) is 13.5. The monoisotopic (exact) mass is 301 g/mol. The fourth-order valence-corrected chi connectivity index (χ4v) is 2.13. The minimum Gasteiger partial charge on any atom is -0.319 e. The minimum atomic E-state index is -4.71. The Morgan fingerprint density at radius 1 is 1.29 bits per heavy atom. The van der Waals surface area contributed by atoms with Crippen LogP contribution in [0.3, 0.4) is 0 Å². The van der Waals surface area contributed by atoms with Gasteiger partial charge in [-0.25, -0.2) is 4.39 Å². The van der Waals surface area contributed by atoms with Crippen LogP contribution >= 0.6 is 0 Å². The van der Waals surface area contributed by atoms with Gasteiger partial charge in [0.15, 0.2) is 0 Å². The highest BCUT2D eigenvalue weighted by atomic mass is 19.4. The zero-order valence-corrected chi connectivity index (χ0v) is 11.6. The molecule has 2 rings (SSSR count). The van der Waals surface area contributed by atoms with Crippen molar-refractivity contribution in [2.75, 3.05) is 0 Å². The second-order valence-corrected chi connectivity index (χ2v) is 4.75.